The van der Waals surface area contributed by atoms with Crippen molar-refractivity contribution in [2.45, 2.75) is 69.3 Å². The van der Waals surface area contributed by atoms with Crippen LogP contribution >= 0.6 is 0 Å². The molecule has 0 aliphatic carbocycles. The molecule has 10 N–H and O–H groups in total. The fourth-order valence-electron chi connectivity index (χ4n) is 3.17. The van der Waals surface area contributed by atoms with Crippen LogP contribution in [0.15, 0.2) is 30.3 Å². The highest BCUT2D eigenvalue weighted by molar-refractivity contribution is 5.94. The minimum Gasteiger partial charge on any atom is -0.481 e. The third kappa shape index (κ3) is 11.5. The first-order chi connectivity index (χ1) is 17.3. The van der Waals surface area contributed by atoms with Crippen LogP contribution in [0.4, 0.5) is 0 Å². The van der Waals surface area contributed by atoms with E-state index < -0.39 is 78.7 Å². The van der Waals surface area contributed by atoms with Gasteiger partial charge in [-0.05, 0) is 25.3 Å². The second-order valence-electron chi connectivity index (χ2n) is 8.42. The van der Waals surface area contributed by atoms with Crippen molar-refractivity contribution < 1.29 is 44.1 Å². The minimum absolute atomic E-state index is 0.0760. The number of rotatable bonds is 16. The van der Waals surface area contributed by atoms with Crippen LogP contribution in [0, 0.1) is 0 Å². The van der Waals surface area contributed by atoms with Gasteiger partial charge in [-0.2, -0.15) is 0 Å². The number of nitrogens with two attached hydrogens (primary N) is 2. The summed E-state index contributed by atoms with van der Waals surface area (Å²) in [5.74, 6) is -6.15. The number of aliphatic hydroxyl groups excluding tert-OH is 1. The Balaban J connectivity index is 3.15. The Morgan fingerprint density at radius 2 is 1.32 bits per heavy atom. The molecule has 37 heavy (non-hydrogen) atoms. The standard InChI is InChI=1S/C23H33N5O9/c1-12(29)19(25)22(35)26-14(7-9-17(24)30)20(33)28-16(11-13-5-3-2-4-6-13)21(34)27-15(23(36)37)8-10-18(31)32/h2-6,12,14-16,19,29H,7-11,25H2,1H3,(H2,24,30)(H,26,35)(H,27,34)(H,28,33)(H,31,32)(H,36,37). The van der Waals surface area contributed by atoms with Crippen molar-refractivity contribution in [2.75, 3.05) is 0 Å². The van der Waals surface area contributed by atoms with Crippen LogP contribution in [0.3, 0.4) is 0 Å². The molecule has 1 rings (SSSR count). The summed E-state index contributed by atoms with van der Waals surface area (Å²) in [5, 5.41) is 34.8. The van der Waals surface area contributed by atoms with E-state index in [0.29, 0.717) is 5.56 Å². The highest BCUT2D eigenvalue weighted by Gasteiger charge is 2.31. The van der Waals surface area contributed by atoms with Crippen LogP contribution in [-0.4, -0.2) is 81.2 Å². The van der Waals surface area contributed by atoms with Crippen LogP contribution in [0.5, 0.6) is 0 Å². The number of benzene rings is 1. The second-order valence-corrected chi connectivity index (χ2v) is 8.42. The van der Waals surface area contributed by atoms with Gasteiger partial charge in [-0.1, -0.05) is 30.3 Å². The maximum Gasteiger partial charge on any atom is 0.326 e. The largest absolute Gasteiger partial charge is 0.481 e. The summed E-state index contributed by atoms with van der Waals surface area (Å²) in [4.78, 5) is 72.0. The number of primary amides is 1. The fraction of sp³-hybridized carbons (Fsp3) is 0.478. The van der Waals surface area contributed by atoms with Crippen LogP contribution in [0.1, 0.15) is 38.2 Å². The third-order valence-electron chi connectivity index (χ3n) is 5.31. The molecule has 14 heteroatoms. The quantitative estimate of drug-likeness (QED) is 0.114. The summed E-state index contributed by atoms with van der Waals surface area (Å²) in [6.07, 6.45) is -2.76. The van der Waals surface area contributed by atoms with Gasteiger partial charge in [0.1, 0.15) is 24.2 Å². The molecule has 0 radical (unpaired) electrons. The number of hydrogen-bond acceptors (Lipinski definition) is 8. The van der Waals surface area contributed by atoms with Crippen LogP contribution in [0.2, 0.25) is 0 Å². The Morgan fingerprint density at radius 1 is 0.811 bits per heavy atom. The first kappa shape index (κ1) is 31.0. The van der Waals surface area contributed by atoms with Gasteiger partial charge in [-0.15, -0.1) is 0 Å². The van der Waals surface area contributed by atoms with Gasteiger partial charge in [-0.25, -0.2) is 4.79 Å². The molecule has 0 fully saturated rings. The fourth-order valence-corrected chi connectivity index (χ4v) is 3.17. The molecular weight excluding hydrogens is 490 g/mol. The predicted molar refractivity (Wildman–Crippen MR) is 129 cm³/mol. The first-order valence-corrected chi connectivity index (χ1v) is 11.4. The molecule has 204 valence electrons. The van der Waals surface area contributed by atoms with E-state index in [2.05, 4.69) is 16.0 Å². The highest BCUT2D eigenvalue weighted by atomic mass is 16.4. The lowest BCUT2D eigenvalue weighted by Crippen LogP contribution is -2.58. The van der Waals surface area contributed by atoms with Crippen molar-refractivity contribution in [1.82, 2.24) is 16.0 Å². The molecule has 0 saturated heterocycles. The number of aliphatic hydroxyl groups is 1. The lowest BCUT2D eigenvalue weighted by Gasteiger charge is -2.25. The first-order valence-electron chi connectivity index (χ1n) is 11.4. The monoisotopic (exact) mass is 523 g/mol. The van der Waals surface area contributed by atoms with Crippen molar-refractivity contribution in [3.8, 4) is 0 Å². The Labute approximate surface area is 212 Å². The van der Waals surface area contributed by atoms with Crippen LogP contribution in [0.25, 0.3) is 0 Å². The summed E-state index contributed by atoms with van der Waals surface area (Å²) in [6.45, 7) is 1.27. The zero-order chi connectivity index (χ0) is 28.1. The van der Waals surface area contributed by atoms with E-state index >= 15 is 0 Å². The SMILES string of the molecule is CC(O)C(N)C(=O)NC(CCC(N)=O)C(=O)NC(Cc1ccccc1)C(=O)NC(CCC(=O)O)C(=O)O. The molecule has 5 atom stereocenters. The number of amides is 4. The average Bonchev–Trinajstić information content (AvgIpc) is 2.82. The van der Waals surface area contributed by atoms with Gasteiger partial charge in [0.05, 0.1) is 6.10 Å². The lowest BCUT2D eigenvalue weighted by molar-refractivity contribution is -0.143. The lowest BCUT2D eigenvalue weighted by atomic mass is 10.0. The van der Waals surface area contributed by atoms with Gasteiger partial charge in [0, 0.05) is 19.3 Å². The predicted octanol–water partition coefficient (Wildman–Crippen LogP) is -2.39. The maximum absolute atomic E-state index is 13.1. The van der Waals surface area contributed by atoms with Crippen LogP contribution in [-0.2, 0) is 35.2 Å². The van der Waals surface area contributed by atoms with Crippen molar-refractivity contribution in [3.05, 3.63) is 35.9 Å². The summed E-state index contributed by atoms with van der Waals surface area (Å²) >= 11 is 0. The minimum atomic E-state index is -1.53. The molecule has 0 heterocycles. The number of carbonyl (C=O) groups excluding carboxylic acids is 4. The number of carboxylic acid groups (broad SMARTS) is 2. The van der Waals surface area contributed by atoms with E-state index in [0.717, 1.165) is 0 Å². The van der Waals surface area contributed by atoms with Crippen molar-refractivity contribution in [3.63, 3.8) is 0 Å². The van der Waals surface area contributed by atoms with E-state index in [-0.39, 0.29) is 19.3 Å². The molecule has 0 bridgehead atoms. The number of nitrogens with one attached hydrogen (secondary N) is 3. The molecule has 4 amide bonds. The summed E-state index contributed by atoms with van der Waals surface area (Å²) in [7, 11) is 0. The number of hydrogen-bond donors (Lipinski definition) is 8. The normalized spacial score (nSPS) is 14.8. The van der Waals surface area contributed by atoms with Gasteiger partial charge in [0.15, 0.2) is 0 Å². The van der Waals surface area contributed by atoms with Gasteiger partial charge in [0.2, 0.25) is 23.6 Å². The number of carboxylic acids is 2. The van der Waals surface area contributed by atoms with Gasteiger partial charge < -0.3 is 42.7 Å². The summed E-state index contributed by atoms with van der Waals surface area (Å²) in [5.41, 5.74) is 11.4. The smallest absolute Gasteiger partial charge is 0.326 e. The summed E-state index contributed by atoms with van der Waals surface area (Å²) in [6, 6.07) is 2.83. The molecule has 5 unspecified atom stereocenters. The molecule has 0 spiro atoms. The Kier molecular flexibility index (Phi) is 12.7. The van der Waals surface area contributed by atoms with Crippen LogP contribution < -0.4 is 27.4 Å². The topological polar surface area (TPSA) is 251 Å². The Morgan fingerprint density at radius 3 is 1.84 bits per heavy atom. The van der Waals surface area contributed by atoms with E-state index in [9.17, 15) is 39.0 Å². The molecule has 1 aromatic carbocycles. The number of carbonyl (C=O) groups is 6. The molecule has 14 nitrogen and oxygen atoms in total. The molecule has 0 aromatic heterocycles. The second kappa shape index (κ2) is 15.2. The van der Waals surface area contributed by atoms with E-state index in [1.165, 1.54) is 6.92 Å². The van der Waals surface area contributed by atoms with Gasteiger partial charge in [0.25, 0.3) is 0 Å². The van der Waals surface area contributed by atoms with E-state index in [4.69, 9.17) is 16.6 Å². The molecule has 1 aromatic rings. The van der Waals surface area contributed by atoms with E-state index in [1.54, 1.807) is 30.3 Å². The molecule has 0 aliphatic rings. The van der Waals surface area contributed by atoms with Gasteiger partial charge in [-0.3, -0.25) is 24.0 Å². The van der Waals surface area contributed by atoms with E-state index in [1.807, 2.05) is 0 Å². The highest BCUT2D eigenvalue weighted by Crippen LogP contribution is 2.07. The molecular formula is C23H33N5O9. The maximum atomic E-state index is 13.1. The van der Waals surface area contributed by atoms with Gasteiger partial charge >= 0.3 is 11.9 Å². The zero-order valence-corrected chi connectivity index (χ0v) is 20.3. The number of aliphatic carboxylic acids is 2. The molecule has 0 aliphatic heterocycles. The van der Waals surface area contributed by atoms with Crippen molar-refractivity contribution in [1.29, 1.82) is 0 Å². The third-order valence-corrected chi connectivity index (χ3v) is 5.31. The zero-order valence-electron chi connectivity index (χ0n) is 20.3. The Bertz CT molecular complexity index is 971. The van der Waals surface area contributed by atoms with Crippen molar-refractivity contribution in [2.24, 2.45) is 11.5 Å². The summed E-state index contributed by atoms with van der Waals surface area (Å²) < 4.78 is 0. The average molecular weight is 524 g/mol. The molecule has 0 saturated carbocycles. The Hall–Kier alpha value is -4.04. The van der Waals surface area contributed by atoms with Crippen molar-refractivity contribution >= 4 is 35.6 Å².